The van der Waals surface area contributed by atoms with Crippen LogP contribution in [0, 0.1) is 23.5 Å². The van der Waals surface area contributed by atoms with Crippen LogP contribution in [0.15, 0.2) is 58.4 Å². The van der Waals surface area contributed by atoms with Gasteiger partial charge in [-0.25, -0.2) is 17.6 Å². The molecule has 1 saturated carbocycles. The first-order valence-electron chi connectivity index (χ1n) is 11.8. The number of hydrogen-bond donors (Lipinski definition) is 1. The van der Waals surface area contributed by atoms with Crippen molar-refractivity contribution in [2.45, 2.75) is 35.2 Å². The summed E-state index contributed by atoms with van der Waals surface area (Å²) in [7, 11) is 0. The molecule has 11 heteroatoms. The topological polar surface area (TPSA) is 65.8 Å². The van der Waals surface area contributed by atoms with E-state index in [1.807, 2.05) is 18.2 Å². The van der Waals surface area contributed by atoms with Crippen molar-refractivity contribution < 1.29 is 27.5 Å². The molecule has 1 aliphatic carbocycles. The predicted octanol–water partition coefficient (Wildman–Crippen LogP) is 4.23. The van der Waals surface area contributed by atoms with Crippen molar-refractivity contribution in [2.24, 2.45) is 11.8 Å². The van der Waals surface area contributed by atoms with E-state index in [9.17, 15) is 27.9 Å². The molecular formula is C26H19F4N3O3S. The number of piperidine rings is 1. The van der Waals surface area contributed by atoms with Crippen LogP contribution in [0.1, 0.15) is 39.6 Å². The third kappa shape index (κ3) is 3.00. The lowest BCUT2D eigenvalue weighted by molar-refractivity contribution is 0.0442. The number of aromatic hydroxyl groups is 1. The Labute approximate surface area is 212 Å². The van der Waals surface area contributed by atoms with E-state index in [-0.39, 0.29) is 30.0 Å². The summed E-state index contributed by atoms with van der Waals surface area (Å²) < 4.78 is 60.0. The molecule has 1 amide bonds. The zero-order valence-corrected chi connectivity index (χ0v) is 19.9. The molecular weight excluding hydrogens is 510 g/mol. The van der Waals surface area contributed by atoms with Crippen molar-refractivity contribution in [3.8, 4) is 5.75 Å². The minimum absolute atomic E-state index is 0.0550. The van der Waals surface area contributed by atoms with E-state index in [0.29, 0.717) is 11.1 Å². The standard InChI is InChI=1S/C26H19F4N3O3S/c27-17-6-5-12-14(21(17)28)11-37-19-4-2-1-3-13(19)22(12)33-20-9-15-16(26(15,29)30)10-31(20)25(36)23-24(35)18(34)7-8-32(23)33/h1-8,15-16,20,22,35H,9-11H2/t15?,16?,20-,22+/m1/s1. The van der Waals surface area contributed by atoms with Crippen LogP contribution < -0.4 is 10.4 Å². The second-order valence-electron chi connectivity index (χ2n) is 9.82. The van der Waals surface area contributed by atoms with Gasteiger partial charge in [-0.15, -0.1) is 11.8 Å². The fourth-order valence-corrected chi connectivity index (χ4v) is 7.24. The number of rotatable bonds is 1. The maximum Gasteiger partial charge on any atom is 0.278 e. The minimum atomic E-state index is -2.93. The van der Waals surface area contributed by atoms with Gasteiger partial charge in [-0.3, -0.25) is 19.3 Å². The summed E-state index contributed by atoms with van der Waals surface area (Å²) in [5, 5.41) is 12.3. The lowest BCUT2D eigenvalue weighted by atomic mass is 9.92. The second-order valence-corrected chi connectivity index (χ2v) is 10.8. The van der Waals surface area contributed by atoms with Crippen LogP contribution in [0.5, 0.6) is 5.75 Å². The Bertz CT molecular complexity index is 1560. The average molecular weight is 530 g/mol. The highest BCUT2D eigenvalue weighted by Crippen LogP contribution is 2.61. The maximum atomic E-state index is 15.1. The third-order valence-electron chi connectivity index (χ3n) is 8.03. The monoisotopic (exact) mass is 529 g/mol. The number of aromatic nitrogens is 1. The van der Waals surface area contributed by atoms with Crippen molar-refractivity contribution in [3.05, 3.63) is 92.9 Å². The van der Waals surface area contributed by atoms with Crippen molar-refractivity contribution in [1.82, 2.24) is 9.58 Å². The molecule has 2 fully saturated rings. The summed E-state index contributed by atoms with van der Waals surface area (Å²) in [4.78, 5) is 27.9. The van der Waals surface area contributed by atoms with E-state index < -0.39 is 58.7 Å². The van der Waals surface area contributed by atoms with E-state index in [0.717, 1.165) is 17.0 Å². The SMILES string of the molecule is O=C1c2c(O)c(=O)ccn2N([C@@H]2c3ccccc3SCc3c2ccc(F)c3F)[C@@H]2CC3C(CN12)C3(F)F. The van der Waals surface area contributed by atoms with Gasteiger partial charge in [0.25, 0.3) is 11.8 Å². The van der Waals surface area contributed by atoms with Gasteiger partial charge in [-0.1, -0.05) is 24.3 Å². The third-order valence-corrected chi connectivity index (χ3v) is 9.15. The van der Waals surface area contributed by atoms with Crippen LogP contribution >= 0.6 is 11.8 Å². The Morgan fingerprint density at radius 2 is 1.78 bits per heavy atom. The van der Waals surface area contributed by atoms with Gasteiger partial charge in [-0.05, 0) is 29.7 Å². The summed E-state index contributed by atoms with van der Waals surface area (Å²) in [5.41, 5.74) is 0.131. The number of hydrogen-bond acceptors (Lipinski definition) is 5. The molecule has 3 aromatic rings. The predicted molar refractivity (Wildman–Crippen MR) is 126 cm³/mol. The molecule has 0 bridgehead atoms. The number of thioether (sulfide) groups is 1. The van der Waals surface area contributed by atoms with Gasteiger partial charge >= 0.3 is 0 Å². The number of fused-ring (bicyclic) bond motifs is 5. The van der Waals surface area contributed by atoms with Crippen LogP contribution in [0.4, 0.5) is 17.6 Å². The highest BCUT2D eigenvalue weighted by atomic mass is 32.2. The fraction of sp³-hybridized carbons (Fsp3) is 0.308. The minimum Gasteiger partial charge on any atom is -0.502 e. The second kappa shape index (κ2) is 7.53. The van der Waals surface area contributed by atoms with Gasteiger partial charge in [0.2, 0.25) is 5.43 Å². The number of carbonyl (C=O) groups excluding carboxylic acids is 1. The van der Waals surface area contributed by atoms with Gasteiger partial charge in [-0.2, -0.15) is 0 Å². The van der Waals surface area contributed by atoms with Crippen LogP contribution in [0.25, 0.3) is 0 Å². The number of alkyl halides is 2. The van der Waals surface area contributed by atoms with Gasteiger partial charge in [0.15, 0.2) is 23.1 Å². The van der Waals surface area contributed by atoms with Crippen molar-refractivity contribution in [2.75, 3.05) is 11.6 Å². The summed E-state index contributed by atoms with van der Waals surface area (Å²) >= 11 is 1.33. The molecule has 4 aliphatic rings. The highest BCUT2D eigenvalue weighted by molar-refractivity contribution is 7.98. The van der Waals surface area contributed by atoms with E-state index in [2.05, 4.69) is 0 Å². The molecule has 0 radical (unpaired) electrons. The lowest BCUT2D eigenvalue weighted by Gasteiger charge is -2.51. The number of carbonyl (C=O) groups is 1. The lowest BCUT2D eigenvalue weighted by Crippen LogP contribution is -2.64. The van der Waals surface area contributed by atoms with E-state index in [1.165, 1.54) is 33.6 Å². The molecule has 4 atom stereocenters. The Morgan fingerprint density at radius 1 is 1.00 bits per heavy atom. The summed E-state index contributed by atoms with van der Waals surface area (Å²) in [5.74, 6) is -8.24. The van der Waals surface area contributed by atoms with Crippen molar-refractivity contribution >= 4 is 17.7 Å². The molecule has 6 nitrogen and oxygen atoms in total. The molecule has 1 aromatic heterocycles. The maximum absolute atomic E-state index is 15.1. The first-order chi connectivity index (χ1) is 17.7. The number of nitrogens with zero attached hydrogens (tertiary/aromatic N) is 3. The van der Waals surface area contributed by atoms with Crippen LogP contribution in [-0.2, 0) is 5.75 Å². The zero-order chi connectivity index (χ0) is 25.8. The molecule has 2 unspecified atom stereocenters. The summed E-state index contributed by atoms with van der Waals surface area (Å²) in [6, 6.07) is 10.0. The number of halogens is 4. The summed E-state index contributed by atoms with van der Waals surface area (Å²) in [6.45, 7) is -0.242. The van der Waals surface area contributed by atoms with Gasteiger partial charge in [0.1, 0.15) is 6.17 Å². The number of benzene rings is 2. The zero-order valence-electron chi connectivity index (χ0n) is 19.1. The van der Waals surface area contributed by atoms with Crippen molar-refractivity contribution in [3.63, 3.8) is 0 Å². The highest BCUT2D eigenvalue weighted by Gasteiger charge is 2.72. The first kappa shape index (κ1) is 22.7. The smallest absolute Gasteiger partial charge is 0.278 e. The molecule has 0 spiro atoms. The quantitative estimate of drug-likeness (QED) is 0.478. The average Bonchev–Trinajstić information content (AvgIpc) is 3.48. The Hall–Kier alpha value is -3.47. The molecule has 190 valence electrons. The van der Waals surface area contributed by atoms with Crippen molar-refractivity contribution in [1.29, 1.82) is 0 Å². The Balaban J connectivity index is 1.52. The molecule has 37 heavy (non-hydrogen) atoms. The van der Waals surface area contributed by atoms with Gasteiger partial charge < -0.3 is 10.0 Å². The molecule has 1 saturated heterocycles. The first-order valence-corrected chi connectivity index (χ1v) is 12.8. The van der Waals surface area contributed by atoms with E-state index >= 15 is 4.39 Å². The molecule has 1 N–H and O–H groups in total. The molecule has 7 rings (SSSR count). The van der Waals surface area contributed by atoms with Gasteiger partial charge in [0.05, 0.1) is 6.04 Å². The Morgan fingerprint density at radius 3 is 2.59 bits per heavy atom. The van der Waals surface area contributed by atoms with Crippen LogP contribution in [-0.4, -0.2) is 39.2 Å². The van der Waals surface area contributed by atoms with Crippen LogP contribution in [0.3, 0.4) is 0 Å². The van der Waals surface area contributed by atoms with E-state index in [1.54, 1.807) is 11.1 Å². The summed E-state index contributed by atoms with van der Waals surface area (Å²) in [6.07, 6.45) is 0.392. The molecule has 2 aromatic carbocycles. The largest absolute Gasteiger partial charge is 0.502 e. The van der Waals surface area contributed by atoms with Crippen LogP contribution in [0.2, 0.25) is 0 Å². The van der Waals surface area contributed by atoms with E-state index in [4.69, 9.17) is 0 Å². The fourth-order valence-electron chi connectivity index (χ4n) is 6.12. The number of pyridine rings is 1. The van der Waals surface area contributed by atoms with Gasteiger partial charge in [0, 0.05) is 46.9 Å². The normalized spacial score (nSPS) is 26.9. The Kier molecular flexibility index (Phi) is 4.62. The molecule has 3 aliphatic heterocycles. The number of amides is 1. The molecule has 4 heterocycles.